The van der Waals surface area contributed by atoms with E-state index in [0.29, 0.717) is 0 Å². The van der Waals surface area contributed by atoms with E-state index in [9.17, 15) is 0 Å². The summed E-state index contributed by atoms with van der Waals surface area (Å²) < 4.78 is 6.93. The highest BCUT2D eigenvalue weighted by molar-refractivity contribution is 8.00. The molecule has 0 fully saturated rings. The summed E-state index contributed by atoms with van der Waals surface area (Å²) in [5.74, 6) is 2.93. The number of aryl methyl sites for hydroxylation is 1. The predicted molar refractivity (Wildman–Crippen MR) is 98.4 cm³/mol. The Labute approximate surface area is 145 Å². The molecule has 0 bridgehead atoms. The monoisotopic (exact) mass is 344 g/mol. The van der Waals surface area contributed by atoms with E-state index in [0.717, 1.165) is 41.8 Å². The first-order valence-corrected chi connectivity index (χ1v) is 9.57. The lowest BCUT2D eigenvalue weighted by atomic mass is 10.2. The molecule has 5 heteroatoms. The van der Waals surface area contributed by atoms with Crippen LogP contribution in [0.2, 0.25) is 0 Å². The summed E-state index contributed by atoms with van der Waals surface area (Å²) in [6, 6.07) is 14.6. The van der Waals surface area contributed by atoms with Crippen LogP contribution in [0, 0.1) is 0 Å². The van der Waals surface area contributed by atoms with E-state index in [1.54, 1.807) is 23.1 Å². The third-order valence-electron chi connectivity index (χ3n) is 3.44. The van der Waals surface area contributed by atoms with Crippen molar-refractivity contribution in [3.8, 4) is 0 Å². The van der Waals surface area contributed by atoms with Gasteiger partial charge in [-0.05, 0) is 24.1 Å². The molecule has 3 rings (SSSR count). The Kier molecular flexibility index (Phi) is 5.77. The molecule has 0 atom stereocenters. The second-order valence-corrected chi connectivity index (χ2v) is 7.46. The van der Waals surface area contributed by atoms with Crippen molar-refractivity contribution in [1.29, 1.82) is 0 Å². The van der Waals surface area contributed by atoms with E-state index in [2.05, 4.69) is 53.6 Å². The Morgan fingerprint density at radius 3 is 2.74 bits per heavy atom. The van der Waals surface area contributed by atoms with Crippen LogP contribution in [0.25, 0.3) is 0 Å². The minimum atomic E-state index is 0.853. The lowest BCUT2D eigenvalue weighted by Crippen LogP contribution is -2.03. The maximum absolute atomic E-state index is 5.72. The molecule has 0 aliphatic heterocycles. The molecule has 0 unspecified atom stereocenters. The zero-order valence-electron chi connectivity index (χ0n) is 13.1. The average Bonchev–Trinajstić information content (AvgIpc) is 3.23. The fourth-order valence-electron chi connectivity index (χ4n) is 2.20. The lowest BCUT2D eigenvalue weighted by Gasteiger charge is -2.02. The third-order valence-corrected chi connectivity index (χ3v) is 5.61. The molecule has 0 saturated heterocycles. The number of anilines is 1. The fourth-order valence-corrected chi connectivity index (χ4v) is 3.99. The number of nitrogens with one attached hydrogen (secondary N) is 1. The highest BCUT2D eigenvalue weighted by Gasteiger charge is 2.05. The molecule has 1 N–H and O–H groups in total. The molecule has 3 aromatic rings. The summed E-state index contributed by atoms with van der Waals surface area (Å²) in [6.07, 6.45) is 3.89. The molecule has 0 radical (unpaired) electrons. The second-order valence-electron chi connectivity index (χ2n) is 5.16. The van der Waals surface area contributed by atoms with Crippen LogP contribution in [0.15, 0.2) is 57.3 Å². The standard InChI is InChI=1S/C18H20N2OS2/c1-2-15-8-9-16(21-15)13-22-17-12-20-18(23-17)19-11-10-14-6-4-3-5-7-14/h3-9,12H,2,10-11,13H2,1H3,(H,19,20). The van der Waals surface area contributed by atoms with Crippen LogP contribution in [0.1, 0.15) is 24.0 Å². The first-order valence-electron chi connectivity index (χ1n) is 7.77. The Morgan fingerprint density at radius 2 is 1.96 bits per heavy atom. The number of hydrogen-bond acceptors (Lipinski definition) is 5. The topological polar surface area (TPSA) is 38.1 Å². The number of thioether (sulfide) groups is 1. The first kappa shape index (κ1) is 16.1. The van der Waals surface area contributed by atoms with Crippen molar-refractivity contribution in [2.24, 2.45) is 0 Å². The zero-order valence-corrected chi connectivity index (χ0v) is 14.8. The van der Waals surface area contributed by atoms with Gasteiger partial charge in [-0.3, -0.25) is 0 Å². The number of furan rings is 1. The Hall–Kier alpha value is -1.72. The van der Waals surface area contributed by atoms with Gasteiger partial charge in [0.25, 0.3) is 0 Å². The predicted octanol–water partition coefficient (Wildman–Crippen LogP) is 5.25. The highest BCUT2D eigenvalue weighted by atomic mass is 32.2. The van der Waals surface area contributed by atoms with E-state index < -0.39 is 0 Å². The van der Waals surface area contributed by atoms with Gasteiger partial charge in [-0.15, -0.1) is 11.8 Å². The molecular formula is C18H20N2OS2. The molecule has 0 aliphatic carbocycles. The Bertz CT molecular complexity index is 721. The van der Waals surface area contributed by atoms with Crippen LogP contribution in [-0.2, 0) is 18.6 Å². The van der Waals surface area contributed by atoms with Gasteiger partial charge in [0.1, 0.15) is 11.5 Å². The van der Waals surface area contributed by atoms with Crippen molar-refractivity contribution >= 4 is 28.2 Å². The molecule has 0 aliphatic rings. The smallest absolute Gasteiger partial charge is 0.183 e. The minimum absolute atomic E-state index is 0.853. The Balaban J connectivity index is 1.44. The van der Waals surface area contributed by atoms with E-state index in [4.69, 9.17) is 4.42 Å². The maximum Gasteiger partial charge on any atom is 0.183 e. The van der Waals surface area contributed by atoms with Gasteiger partial charge in [0, 0.05) is 13.0 Å². The molecular weight excluding hydrogens is 324 g/mol. The summed E-state index contributed by atoms with van der Waals surface area (Å²) >= 11 is 3.47. The van der Waals surface area contributed by atoms with Crippen LogP contribution >= 0.6 is 23.1 Å². The summed E-state index contributed by atoms with van der Waals surface area (Å²) in [4.78, 5) is 4.44. The molecule has 0 saturated carbocycles. The SMILES string of the molecule is CCc1ccc(CSc2cnc(NCCc3ccccc3)s2)o1. The molecule has 3 nitrogen and oxygen atoms in total. The first-order chi connectivity index (χ1) is 11.3. The van der Waals surface area contributed by atoms with Gasteiger partial charge < -0.3 is 9.73 Å². The number of rotatable bonds is 8. The normalized spacial score (nSPS) is 10.8. The molecule has 0 spiro atoms. The van der Waals surface area contributed by atoms with E-state index >= 15 is 0 Å². The van der Waals surface area contributed by atoms with Crippen LogP contribution < -0.4 is 5.32 Å². The van der Waals surface area contributed by atoms with Gasteiger partial charge >= 0.3 is 0 Å². The number of nitrogens with zero attached hydrogens (tertiary/aromatic N) is 1. The number of benzene rings is 1. The van der Waals surface area contributed by atoms with Crippen molar-refractivity contribution in [2.45, 2.75) is 29.7 Å². The van der Waals surface area contributed by atoms with Gasteiger partial charge in [-0.25, -0.2) is 4.98 Å². The second kappa shape index (κ2) is 8.22. The van der Waals surface area contributed by atoms with Crippen LogP contribution in [0.3, 0.4) is 0 Å². The highest BCUT2D eigenvalue weighted by Crippen LogP contribution is 2.31. The van der Waals surface area contributed by atoms with E-state index in [1.807, 2.05) is 12.3 Å². The molecule has 1 aromatic carbocycles. The van der Waals surface area contributed by atoms with Gasteiger partial charge in [0.2, 0.25) is 0 Å². The molecule has 23 heavy (non-hydrogen) atoms. The van der Waals surface area contributed by atoms with Crippen LogP contribution in [0.5, 0.6) is 0 Å². The fraction of sp³-hybridized carbons (Fsp3) is 0.278. The Morgan fingerprint density at radius 1 is 1.13 bits per heavy atom. The molecule has 0 amide bonds. The van der Waals surface area contributed by atoms with Crippen LogP contribution in [0.4, 0.5) is 5.13 Å². The minimum Gasteiger partial charge on any atom is -0.465 e. The molecule has 120 valence electrons. The van der Waals surface area contributed by atoms with Crippen molar-refractivity contribution in [2.75, 3.05) is 11.9 Å². The average molecular weight is 345 g/mol. The number of thiazole rings is 1. The van der Waals surface area contributed by atoms with Crippen LogP contribution in [-0.4, -0.2) is 11.5 Å². The maximum atomic E-state index is 5.72. The van der Waals surface area contributed by atoms with Gasteiger partial charge in [-0.1, -0.05) is 48.6 Å². The van der Waals surface area contributed by atoms with E-state index in [1.165, 1.54) is 9.77 Å². The van der Waals surface area contributed by atoms with Crippen molar-refractivity contribution in [3.05, 3.63) is 65.7 Å². The third kappa shape index (κ3) is 4.88. The van der Waals surface area contributed by atoms with Crippen molar-refractivity contribution in [3.63, 3.8) is 0 Å². The summed E-state index contributed by atoms with van der Waals surface area (Å²) in [5, 5.41) is 4.38. The molecule has 2 aromatic heterocycles. The van der Waals surface area contributed by atoms with Crippen molar-refractivity contribution in [1.82, 2.24) is 4.98 Å². The largest absolute Gasteiger partial charge is 0.465 e. The molecule has 2 heterocycles. The van der Waals surface area contributed by atoms with Gasteiger partial charge in [-0.2, -0.15) is 0 Å². The lowest BCUT2D eigenvalue weighted by molar-refractivity contribution is 0.485. The summed E-state index contributed by atoms with van der Waals surface area (Å²) in [5.41, 5.74) is 1.34. The zero-order chi connectivity index (χ0) is 15.9. The van der Waals surface area contributed by atoms with Gasteiger partial charge in [0.15, 0.2) is 5.13 Å². The summed E-state index contributed by atoms with van der Waals surface area (Å²) in [7, 11) is 0. The number of aromatic nitrogens is 1. The number of hydrogen-bond donors (Lipinski definition) is 1. The summed E-state index contributed by atoms with van der Waals surface area (Å²) in [6.45, 7) is 3.01. The van der Waals surface area contributed by atoms with E-state index in [-0.39, 0.29) is 0 Å². The van der Waals surface area contributed by atoms with Gasteiger partial charge in [0.05, 0.1) is 16.2 Å². The van der Waals surface area contributed by atoms with Crippen molar-refractivity contribution < 1.29 is 4.42 Å². The quantitative estimate of drug-likeness (QED) is 0.567.